The van der Waals surface area contributed by atoms with E-state index in [0.717, 1.165) is 31.1 Å². The molecule has 4 nitrogen and oxygen atoms in total. The molecule has 27 heavy (non-hydrogen) atoms. The lowest BCUT2D eigenvalue weighted by molar-refractivity contribution is 0.137. The molecule has 1 aliphatic carbocycles. The van der Waals surface area contributed by atoms with Crippen LogP contribution in [-0.2, 0) is 4.74 Å². The normalized spacial score (nSPS) is 24.4. The Balaban J connectivity index is 1.48. The maximum absolute atomic E-state index is 13.2. The average Bonchev–Trinajstić information content (AvgIpc) is 3.28. The Morgan fingerprint density at radius 2 is 2.00 bits per heavy atom. The van der Waals surface area contributed by atoms with E-state index in [9.17, 15) is 4.39 Å². The highest BCUT2D eigenvalue weighted by Crippen LogP contribution is 2.45. The lowest BCUT2D eigenvalue weighted by Crippen LogP contribution is -2.32. The first-order chi connectivity index (χ1) is 13.2. The second kappa shape index (κ2) is 8.16. The predicted molar refractivity (Wildman–Crippen MR) is 102 cm³/mol. The summed E-state index contributed by atoms with van der Waals surface area (Å²) in [6.45, 7) is 2.75. The van der Waals surface area contributed by atoms with E-state index in [2.05, 4.69) is 26.7 Å². The van der Waals surface area contributed by atoms with Crippen LogP contribution in [0.4, 0.5) is 4.39 Å². The van der Waals surface area contributed by atoms with Crippen LogP contribution in [0.3, 0.4) is 0 Å². The van der Waals surface area contributed by atoms with Crippen molar-refractivity contribution in [1.82, 2.24) is 14.9 Å². The SMILES string of the molecule is COCCN1CC(c2ncc(C#Cc3cccc(F)c3)cn2)[C@H]2CCC[C@@H]21. The van der Waals surface area contributed by atoms with E-state index in [4.69, 9.17) is 4.74 Å². The van der Waals surface area contributed by atoms with Crippen LogP contribution >= 0.6 is 0 Å². The van der Waals surface area contributed by atoms with Crippen LogP contribution in [0.15, 0.2) is 36.7 Å². The molecule has 1 saturated heterocycles. The van der Waals surface area contributed by atoms with Gasteiger partial charge in [-0.05, 0) is 37.0 Å². The Kier molecular flexibility index (Phi) is 5.47. The smallest absolute Gasteiger partial charge is 0.132 e. The van der Waals surface area contributed by atoms with E-state index >= 15 is 0 Å². The second-order valence-corrected chi connectivity index (χ2v) is 7.35. The van der Waals surface area contributed by atoms with Crippen LogP contribution in [0.2, 0.25) is 0 Å². The summed E-state index contributed by atoms with van der Waals surface area (Å²) < 4.78 is 18.5. The van der Waals surface area contributed by atoms with E-state index in [1.165, 1.54) is 31.4 Å². The summed E-state index contributed by atoms with van der Waals surface area (Å²) in [6, 6.07) is 6.93. The van der Waals surface area contributed by atoms with Gasteiger partial charge in [0.25, 0.3) is 0 Å². The van der Waals surface area contributed by atoms with Crippen molar-refractivity contribution in [3.8, 4) is 11.8 Å². The van der Waals surface area contributed by atoms with Gasteiger partial charge in [0.2, 0.25) is 0 Å². The zero-order valence-electron chi connectivity index (χ0n) is 15.6. The van der Waals surface area contributed by atoms with Crippen molar-refractivity contribution in [2.75, 3.05) is 26.8 Å². The van der Waals surface area contributed by atoms with Gasteiger partial charge >= 0.3 is 0 Å². The second-order valence-electron chi connectivity index (χ2n) is 7.35. The summed E-state index contributed by atoms with van der Waals surface area (Å²) in [6.07, 6.45) is 7.38. The van der Waals surface area contributed by atoms with Gasteiger partial charge in [0.1, 0.15) is 11.6 Å². The fourth-order valence-corrected chi connectivity index (χ4v) is 4.46. The number of rotatable bonds is 4. The van der Waals surface area contributed by atoms with Gasteiger partial charge in [0.05, 0.1) is 12.2 Å². The maximum atomic E-state index is 13.2. The number of likely N-dealkylation sites (tertiary alicyclic amines) is 1. The van der Waals surface area contributed by atoms with Gasteiger partial charge in [0.15, 0.2) is 0 Å². The third kappa shape index (κ3) is 4.02. The predicted octanol–water partition coefficient (Wildman–Crippen LogP) is 3.23. The quantitative estimate of drug-likeness (QED) is 0.780. The molecule has 1 aliphatic heterocycles. The molecule has 140 valence electrons. The summed E-state index contributed by atoms with van der Waals surface area (Å²) in [4.78, 5) is 11.8. The molecule has 1 aromatic carbocycles. The van der Waals surface area contributed by atoms with Gasteiger partial charge < -0.3 is 4.74 Å². The number of fused-ring (bicyclic) bond motifs is 1. The van der Waals surface area contributed by atoms with Crippen molar-refractivity contribution in [2.45, 2.75) is 31.2 Å². The first-order valence-electron chi connectivity index (χ1n) is 9.57. The minimum atomic E-state index is -0.279. The number of ether oxygens (including phenoxy) is 1. The average molecular weight is 365 g/mol. The Bertz CT molecular complexity index is 843. The van der Waals surface area contributed by atoms with Gasteiger partial charge in [-0.3, -0.25) is 4.90 Å². The fraction of sp³-hybridized carbons (Fsp3) is 0.455. The fourth-order valence-electron chi connectivity index (χ4n) is 4.46. The largest absolute Gasteiger partial charge is 0.383 e. The third-order valence-corrected chi connectivity index (χ3v) is 5.71. The summed E-state index contributed by atoms with van der Waals surface area (Å²) in [7, 11) is 1.76. The molecule has 1 aromatic heterocycles. The number of hydrogen-bond donors (Lipinski definition) is 0. The monoisotopic (exact) mass is 365 g/mol. The van der Waals surface area contributed by atoms with Crippen molar-refractivity contribution in [3.63, 3.8) is 0 Å². The molecule has 0 bridgehead atoms. The number of aromatic nitrogens is 2. The lowest BCUT2D eigenvalue weighted by Gasteiger charge is -2.22. The van der Waals surface area contributed by atoms with Crippen molar-refractivity contribution in [3.05, 3.63) is 59.4 Å². The van der Waals surface area contributed by atoms with Gasteiger partial charge in [0, 0.05) is 50.1 Å². The van der Waals surface area contributed by atoms with E-state index in [0.29, 0.717) is 23.4 Å². The van der Waals surface area contributed by atoms with Crippen LogP contribution in [0.5, 0.6) is 0 Å². The molecule has 3 atom stereocenters. The number of benzene rings is 1. The zero-order chi connectivity index (χ0) is 18.6. The van der Waals surface area contributed by atoms with E-state index in [-0.39, 0.29) is 5.82 Å². The standard InChI is InChI=1S/C22H24FN3O/c1-27-11-10-26-15-20(19-6-3-7-21(19)26)22-24-13-17(14-25-22)9-8-16-4-2-5-18(23)12-16/h2,4-5,12-14,19-21H,3,6-7,10-11,15H2,1H3/t19-,20?,21+/m1/s1. The zero-order valence-corrected chi connectivity index (χ0v) is 15.6. The molecule has 0 amide bonds. The molecule has 1 saturated carbocycles. The van der Waals surface area contributed by atoms with E-state index < -0.39 is 0 Å². The third-order valence-electron chi connectivity index (χ3n) is 5.71. The van der Waals surface area contributed by atoms with Gasteiger partial charge in [-0.25, -0.2) is 14.4 Å². The minimum absolute atomic E-state index is 0.279. The van der Waals surface area contributed by atoms with Gasteiger partial charge in [-0.1, -0.05) is 24.3 Å². The molecule has 4 rings (SSSR count). The van der Waals surface area contributed by atoms with Crippen LogP contribution in [0.25, 0.3) is 0 Å². The molecule has 0 radical (unpaired) electrons. The van der Waals surface area contributed by atoms with Gasteiger partial charge in [-0.2, -0.15) is 0 Å². The van der Waals surface area contributed by atoms with E-state index in [1.54, 1.807) is 31.6 Å². The molecule has 2 aromatic rings. The molecule has 0 N–H and O–H groups in total. The van der Waals surface area contributed by atoms with Crippen LogP contribution < -0.4 is 0 Å². The van der Waals surface area contributed by atoms with Crippen molar-refractivity contribution in [1.29, 1.82) is 0 Å². The lowest BCUT2D eigenvalue weighted by atomic mass is 9.92. The molecular weight excluding hydrogens is 341 g/mol. The Hall–Kier alpha value is -2.29. The van der Waals surface area contributed by atoms with Crippen LogP contribution in [0, 0.1) is 23.6 Å². The number of halogens is 1. The highest BCUT2D eigenvalue weighted by atomic mass is 19.1. The van der Waals surface area contributed by atoms with Crippen LogP contribution in [0.1, 0.15) is 42.1 Å². The highest BCUT2D eigenvalue weighted by Gasteiger charge is 2.45. The summed E-state index contributed by atoms with van der Waals surface area (Å²) >= 11 is 0. The van der Waals surface area contributed by atoms with E-state index in [1.807, 2.05) is 0 Å². The van der Waals surface area contributed by atoms with Crippen molar-refractivity contribution in [2.24, 2.45) is 5.92 Å². The highest BCUT2D eigenvalue weighted by molar-refractivity contribution is 5.41. The Morgan fingerprint density at radius 1 is 1.19 bits per heavy atom. The minimum Gasteiger partial charge on any atom is -0.383 e. The number of methoxy groups -OCH3 is 1. The summed E-state index contributed by atoms with van der Waals surface area (Å²) in [5, 5.41) is 0. The molecular formula is C22H24FN3O. The maximum Gasteiger partial charge on any atom is 0.132 e. The molecule has 2 aliphatic rings. The summed E-state index contributed by atoms with van der Waals surface area (Å²) in [5.41, 5.74) is 1.40. The van der Waals surface area contributed by atoms with Crippen molar-refractivity contribution >= 4 is 0 Å². The number of hydrogen-bond acceptors (Lipinski definition) is 4. The van der Waals surface area contributed by atoms with Crippen molar-refractivity contribution < 1.29 is 9.13 Å². The molecule has 2 heterocycles. The molecule has 0 spiro atoms. The van der Waals surface area contributed by atoms with Gasteiger partial charge in [-0.15, -0.1) is 0 Å². The molecule has 1 unspecified atom stereocenters. The Labute approximate surface area is 159 Å². The first-order valence-corrected chi connectivity index (χ1v) is 9.57. The number of nitrogens with zero attached hydrogens (tertiary/aromatic N) is 3. The first kappa shape index (κ1) is 18.1. The Morgan fingerprint density at radius 3 is 2.78 bits per heavy atom. The molecule has 5 heteroatoms. The summed E-state index contributed by atoms with van der Waals surface area (Å²) in [5.74, 6) is 7.66. The topological polar surface area (TPSA) is 38.2 Å². The molecule has 2 fully saturated rings. The van der Waals surface area contributed by atoms with Crippen LogP contribution in [-0.4, -0.2) is 47.7 Å².